The van der Waals surface area contributed by atoms with Crippen LogP contribution in [-0.2, 0) is 11.3 Å². The van der Waals surface area contributed by atoms with E-state index < -0.39 is 11.8 Å². The molecule has 1 fully saturated rings. The number of anilines is 3. The largest absolute Gasteiger partial charge is 0.398 e. The lowest BCUT2D eigenvalue weighted by atomic mass is 9.99. The Hall–Kier alpha value is -3.96. The third-order valence-corrected chi connectivity index (χ3v) is 6.56. The molecule has 1 aromatic carbocycles. The quantitative estimate of drug-likeness (QED) is 0.229. The molecule has 11 heteroatoms. The minimum Gasteiger partial charge on any atom is -0.398 e. The summed E-state index contributed by atoms with van der Waals surface area (Å²) in [5, 5.41) is 14.4. The minimum atomic E-state index is -2.59. The fourth-order valence-corrected chi connectivity index (χ4v) is 4.28. The Kier molecular flexibility index (Phi) is 8.82. The number of carbonyl (C=O) groups is 1. The molecule has 9 nitrogen and oxygen atoms in total. The van der Waals surface area contributed by atoms with Crippen LogP contribution < -0.4 is 16.4 Å². The zero-order valence-corrected chi connectivity index (χ0v) is 22.2. The van der Waals surface area contributed by atoms with E-state index >= 15 is 0 Å². The maximum Gasteiger partial charge on any atom is 0.274 e. The summed E-state index contributed by atoms with van der Waals surface area (Å²) >= 11 is 0. The fourth-order valence-electron chi connectivity index (χ4n) is 4.28. The first kappa shape index (κ1) is 28.1. The van der Waals surface area contributed by atoms with Gasteiger partial charge in [-0.1, -0.05) is 6.07 Å². The first-order valence-electron chi connectivity index (χ1n) is 12.8. The first-order valence-corrected chi connectivity index (χ1v) is 12.8. The number of nitrogen functional groups attached to an aromatic ring is 1. The number of likely N-dealkylation sites (tertiary alicyclic amines) is 1. The van der Waals surface area contributed by atoms with Crippen molar-refractivity contribution in [2.24, 2.45) is 0 Å². The van der Waals surface area contributed by atoms with Gasteiger partial charge in [0.25, 0.3) is 11.8 Å². The van der Waals surface area contributed by atoms with Crippen LogP contribution in [0.2, 0.25) is 0 Å². The average Bonchev–Trinajstić information content (AvgIpc) is 2.91. The van der Waals surface area contributed by atoms with Gasteiger partial charge < -0.3 is 21.3 Å². The molecule has 3 heterocycles. The Morgan fingerprint density at radius 3 is 2.56 bits per heavy atom. The number of hydrogen-bond donors (Lipinski definition) is 4. The van der Waals surface area contributed by atoms with E-state index in [0.29, 0.717) is 42.4 Å². The molecule has 0 radical (unpaired) electrons. The Bertz CT molecular complexity index is 1300. The molecule has 0 atom stereocenters. The van der Waals surface area contributed by atoms with Crippen LogP contribution in [0.1, 0.15) is 24.0 Å². The zero-order chi connectivity index (χ0) is 28.0. The van der Waals surface area contributed by atoms with Gasteiger partial charge in [0, 0.05) is 74.8 Å². The lowest BCUT2D eigenvalue weighted by Gasteiger charge is -2.31. The summed E-state index contributed by atoms with van der Waals surface area (Å²) in [6.07, 6.45) is 4.66. The Morgan fingerprint density at radius 2 is 1.87 bits per heavy atom. The fraction of sp³-hybridized carbons (Fsp3) is 0.357. The molecule has 1 aliphatic heterocycles. The summed E-state index contributed by atoms with van der Waals surface area (Å²) < 4.78 is 27.0. The standard InChI is InChI=1S/C28H34F2N8O/c1-37(2)12-9-34-25-6-4-22(17-35-25)36-27(39)26(32)23-14-20(3-5-24(23)31)21-13-19(15-33-16-21)18-38-10-7-28(29,30)8-11-38/h3-6,13-17,32H,7-12,18,31H2,1-2H3,(H,34,35)(H,36,39). The molecule has 0 spiro atoms. The third-order valence-electron chi connectivity index (χ3n) is 6.56. The normalized spacial score (nSPS) is 15.2. The van der Waals surface area contributed by atoms with Gasteiger partial charge in [-0.3, -0.25) is 20.1 Å². The summed E-state index contributed by atoms with van der Waals surface area (Å²) in [4.78, 5) is 25.5. The highest BCUT2D eigenvalue weighted by Crippen LogP contribution is 2.29. The van der Waals surface area contributed by atoms with Gasteiger partial charge in [0.05, 0.1) is 11.9 Å². The number of benzene rings is 1. The van der Waals surface area contributed by atoms with Gasteiger partial charge in [-0.2, -0.15) is 0 Å². The van der Waals surface area contributed by atoms with Crippen LogP contribution in [-0.4, -0.2) is 77.6 Å². The summed E-state index contributed by atoms with van der Waals surface area (Å²) in [6, 6.07) is 10.6. The predicted molar refractivity (Wildman–Crippen MR) is 150 cm³/mol. The molecule has 0 aliphatic carbocycles. The van der Waals surface area contributed by atoms with Gasteiger partial charge in [-0.05, 0) is 55.6 Å². The maximum atomic E-state index is 13.5. The van der Waals surface area contributed by atoms with Crippen molar-refractivity contribution in [3.05, 3.63) is 66.1 Å². The monoisotopic (exact) mass is 536 g/mol. The molecule has 0 bridgehead atoms. The van der Waals surface area contributed by atoms with E-state index in [1.54, 1.807) is 42.7 Å². The number of piperidine rings is 1. The van der Waals surface area contributed by atoms with Gasteiger partial charge in [-0.25, -0.2) is 13.8 Å². The van der Waals surface area contributed by atoms with E-state index in [1.165, 1.54) is 6.20 Å². The number of nitrogens with two attached hydrogens (primary N) is 1. The van der Waals surface area contributed by atoms with Crippen molar-refractivity contribution in [3.8, 4) is 11.1 Å². The number of hydrogen-bond acceptors (Lipinski definition) is 8. The maximum absolute atomic E-state index is 13.5. The van der Waals surface area contributed by atoms with Gasteiger partial charge in [-0.15, -0.1) is 0 Å². The van der Waals surface area contributed by atoms with Gasteiger partial charge in [0.15, 0.2) is 0 Å². The lowest BCUT2D eigenvalue weighted by molar-refractivity contribution is -0.110. The number of rotatable bonds is 10. The van der Waals surface area contributed by atoms with Crippen LogP contribution in [0.3, 0.4) is 0 Å². The van der Waals surface area contributed by atoms with Crippen LogP contribution in [0.5, 0.6) is 0 Å². The molecule has 2 aromatic heterocycles. The van der Waals surface area contributed by atoms with Crippen molar-refractivity contribution in [2.45, 2.75) is 25.3 Å². The van der Waals surface area contributed by atoms with E-state index in [-0.39, 0.29) is 18.6 Å². The van der Waals surface area contributed by atoms with Crippen LogP contribution in [0.4, 0.5) is 26.0 Å². The molecule has 1 saturated heterocycles. The van der Waals surface area contributed by atoms with Crippen molar-refractivity contribution >= 4 is 28.8 Å². The third kappa shape index (κ3) is 7.78. The number of amides is 1. The Labute approximate surface area is 226 Å². The second-order valence-corrected chi connectivity index (χ2v) is 10.0. The number of halogens is 2. The van der Waals surface area contributed by atoms with Crippen LogP contribution in [0.15, 0.2) is 55.0 Å². The Balaban J connectivity index is 1.41. The topological polar surface area (TPSA) is 123 Å². The molecule has 39 heavy (non-hydrogen) atoms. The number of likely N-dealkylation sites (N-methyl/N-ethyl adjacent to an activating group) is 1. The van der Waals surface area contributed by atoms with Crippen molar-refractivity contribution in [1.29, 1.82) is 5.41 Å². The molecule has 1 aliphatic rings. The second-order valence-electron chi connectivity index (χ2n) is 10.0. The SMILES string of the molecule is CN(C)CCNc1ccc(NC(=O)C(=N)c2cc(-c3cncc(CN4CCC(F)(F)CC4)c3)ccc2N)cn1. The predicted octanol–water partition coefficient (Wildman–Crippen LogP) is 3.94. The minimum absolute atomic E-state index is 0.139. The van der Waals surface area contributed by atoms with Crippen LogP contribution in [0, 0.1) is 5.41 Å². The molecule has 1 amide bonds. The van der Waals surface area contributed by atoms with Gasteiger partial charge >= 0.3 is 0 Å². The van der Waals surface area contributed by atoms with Crippen molar-refractivity contribution in [1.82, 2.24) is 19.8 Å². The molecule has 0 saturated carbocycles. The summed E-state index contributed by atoms with van der Waals surface area (Å²) in [7, 11) is 3.98. The smallest absolute Gasteiger partial charge is 0.274 e. The molecule has 5 N–H and O–H groups in total. The van der Waals surface area contributed by atoms with E-state index in [9.17, 15) is 13.6 Å². The summed E-state index contributed by atoms with van der Waals surface area (Å²) in [5.41, 5.74) is 9.34. The number of carbonyl (C=O) groups excluding carboxylic acids is 1. The Morgan fingerprint density at radius 1 is 1.10 bits per heavy atom. The first-order chi connectivity index (χ1) is 18.6. The van der Waals surface area contributed by atoms with E-state index in [2.05, 4.69) is 25.5 Å². The molecule has 3 aromatic rings. The summed E-state index contributed by atoms with van der Waals surface area (Å²) in [5.74, 6) is -2.50. The van der Waals surface area contributed by atoms with Crippen LogP contribution in [0.25, 0.3) is 11.1 Å². The van der Waals surface area contributed by atoms with E-state index in [4.69, 9.17) is 11.1 Å². The molecule has 0 unspecified atom stereocenters. The molecular weight excluding hydrogens is 502 g/mol. The van der Waals surface area contributed by atoms with E-state index in [0.717, 1.165) is 29.8 Å². The number of nitrogens with zero attached hydrogens (tertiary/aromatic N) is 4. The molecule has 206 valence electrons. The van der Waals surface area contributed by atoms with Gasteiger partial charge in [0.2, 0.25) is 0 Å². The van der Waals surface area contributed by atoms with E-state index in [1.807, 2.05) is 25.1 Å². The lowest BCUT2D eigenvalue weighted by Crippen LogP contribution is -2.38. The molecule has 4 rings (SSSR count). The van der Waals surface area contributed by atoms with Crippen LogP contribution >= 0.6 is 0 Å². The highest BCUT2D eigenvalue weighted by Gasteiger charge is 2.33. The number of pyridine rings is 2. The summed E-state index contributed by atoms with van der Waals surface area (Å²) in [6.45, 7) is 2.79. The number of alkyl halides is 2. The highest BCUT2D eigenvalue weighted by atomic mass is 19.3. The highest BCUT2D eigenvalue weighted by molar-refractivity contribution is 6.48. The average molecular weight is 537 g/mol. The van der Waals surface area contributed by atoms with Crippen molar-refractivity contribution in [2.75, 3.05) is 56.6 Å². The van der Waals surface area contributed by atoms with Gasteiger partial charge in [0.1, 0.15) is 11.5 Å². The number of aromatic nitrogens is 2. The van der Waals surface area contributed by atoms with Crippen molar-refractivity contribution < 1.29 is 13.6 Å². The van der Waals surface area contributed by atoms with Crippen molar-refractivity contribution in [3.63, 3.8) is 0 Å². The zero-order valence-electron chi connectivity index (χ0n) is 22.2. The second kappa shape index (κ2) is 12.3. The molecular formula is C28H34F2N8O. The number of nitrogens with one attached hydrogen (secondary N) is 3.